The summed E-state index contributed by atoms with van der Waals surface area (Å²) in [5, 5.41) is 22.8. The van der Waals surface area contributed by atoms with Gasteiger partial charge >= 0.3 is 0 Å². The molecule has 0 bridgehead atoms. The number of aliphatic imine (C=N–C) groups is 1. The van der Waals surface area contributed by atoms with Gasteiger partial charge in [0.15, 0.2) is 5.82 Å². The van der Waals surface area contributed by atoms with E-state index in [0.29, 0.717) is 12.6 Å². The Morgan fingerprint density at radius 1 is 1.34 bits per heavy atom. The number of hydrazine groups is 1. The summed E-state index contributed by atoms with van der Waals surface area (Å²) in [6.45, 7) is 6.26. The van der Waals surface area contributed by atoms with Crippen LogP contribution in [0, 0.1) is 24.3 Å². The Kier molecular flexibility index (Phi) is 4.89. The van der Waals surface area contributed by atoms with Crippen molar-refractivity contribution in [2.75, 3.05) is 17.2 Å². The van der Waals surface area contributed by atoms with E-state index in [4.69, 9.17) is 0 Å². The normalized spacial score (nSPS) is 17.8. The molecule has 1 aromatic rings. The van der Waals surface area contributed by atoms with E-state index in [1.54, 1.807) is 12.4 Å². The minimum absolute atomic E-state index is 0.0214. The van der Waals surface area contributed by atoms with Gasteiger partial charge in [-0.1, -0.05) is 19.9 Å². The first-order valence-electron chi connectivity index (χ1n) is 9.86. The number of nitrogens with one attached hydrogen (secondary N) is 3. The van der Waals surface area contributed by atoms with Crippen molar-refractivity contribution in [3.63, 3.8) is 0 Å². The maximum absolute atomic E-state index is 12.1. The molecule has 0 unspecified atom stereocenters. The van der Waals surface area contributed by atoms with Crippen molar-refractivity contribution >= 4 is 23.5 Å². The molecule has 0 aromatic heterocycles. The number of carbonyl (C=O) groups is 1. The number of nitrogens with zero attached hydrogens (tertiary/aromatic N) is 4. The van der Waals surface area contributed by atoms with E-state index in [-0.39, 0.29) is 11.8 Å². The molecule has 2 heterocycles. The minimum Gasteiger partial charge on any atom is -0.378 e. The zero-order valence-electron chi connectivity index (χ0n) is 16.9. The van der Waals surface area contributed by atoms with Crippen molar-refractivity contribution in [2.45, 2.75) is 39.7 Å². The van der Waals surface area contributed by atoms with Crippen LogP contribution >= 0.6 is 0 Å². The van der Waals surface area contributed by atoms with Crippen LogP contribution in [0.25, 0.3) is 0 Å². The molecule has 1 fully saturated rings. The highest BCUT2D eigenvalue weighted by atomic mass is 16.1. The highest BCUT2D eigenvalue weighted by molar-refractivity contribution is 5.93. The number of hydrogen-bond acceptors (Lipinski definition) is 7. The van der Waals surface area contributed by atoms with Gasteiger partial charge in [0.05, 0.1) is 18.4 Å². The van der Waals surface area contributed by atoms with Crippen molar-refractivity contribution in [3.05, 3.63) is 47.2 Å². The SMILES string of the molecule is Cc1ccc(NC2=CN(C#N)N3CC=NC3=C2NC2CC2)cc1NC(=O)C(C)C. The molecule has 3 N–H and O–H groups in total. The monoisotopic (exact) mass is 391 g/mol. The highest BCUT2D eigenvalue weighted by Crippen LogP contribution is 2.32. The summed E-state index contributed by atoms with van der Waals surface area (Å²) < 4.78 is 0. The number of benzene rings is 1. The average molecular weight is 391 g/mol. The van der Waals surface area contributed by atoms with Crippen molar-refractivity contribution in [1.82, 2.24) is 15.3 Å². The summed E-state index contributed by atoms with van der Waals surface area (Å²) in [5.41, 5.74) is 4.24. The molecular formula is C21H25N7O. The summed E-state index contributed by atoms with van der Waals surface area (Å²) >= 11 is 0. The third kappa shape index (κ3) is 3.90. The van der Waals surface area contributed by atoms with Crippen LogP contribution in [0.4, 0.5) is 11.4 Å². The Balaban J connectivity index is 1.63. The van der Waals surface area contributed by atoms with Gasteiger partial charge in [-0.25, -0.2) is 10.0 Å². The van der Waals surface area contributed by atoms with Crippen LogP contribution in [-0.4, -0.2) is 34.7 Å². The predicted molar refractivity (Wildman–Crippen MR) is 112 cm³/mol. The number of nitriles is 1. The molecule has 1 saturated carbocycles. The number of anilines is 2. The molecule has 0 atom stereocenters. The molecule has 1 amide bonds. The molecule has 1 aromatic carbocycles. The molecule has 1 aliphatic carbocycles. The van der Waals surface area contributed by atoms with Gasteiger partial charge < -0.3 is 16.0 Å². The van der Waals surface area contributed by atoms with Crippen molar-refractivity contribution < 1.29 is 4.79 Å². The van der Waals surface area contributed by atoms with Crippen LogP contribution in [0.2, 0.25) is 0 Å². The molecule has 8 nitrogen and oxygen atoms in total. The van der Waals surface area contributed by atoms with E-state index in [9.17, 15) is 10.1 Å². The lowest BCUT2D eigenvalue weighted by molar-refractivity contribution is -0.118. The van der Waals surface area contributed by atoms with Crippen molar-refractivity contribution in [2.24, 2.45) is 10.9 Å². The van der Waals surface area contributed by atoms with Gasteiger partial charge in [0, 0.05) is 29.5 Å². The van der Waals surface area contributed by atoms with Crippen LogP contribution in [0.3, 0.4) is 0 Å². The fourth-order valence-electron chi connectivity index (χ4n) is 3.14. The molecule has 4 rings (SSSR count). The molecule has 29 heavy (non-hydrogen) atoms. The van der Waals surface area contributed by atoms with E-state index >= 15 is 0 Å². The minimum atomic E-state index is -0.0958. The molecule has 0 spiro atoms. The topological polar surface area (TPSA) is 95.8 Å². The third-order valence-corrected chi connectivity index (χ3v) is 5.04. The Morgan fingerprint density at radius 3 is 2.83 bits per heavy atom. The van der Waals surface area contributed by atoms with Gasteiger partial charge in [0.25, 0.3) is 0 Å². The van der Waals surface area contributed by atoms with E-state index in [0.717, 1.165) is 47.0 Å². The maximum Gasteiger partial charge on any atom is 0.226 e. The first-order chi connectivity index (χ1) is 14.0. The smallest absolute Gasteiger partial charge is 0.226 e. The summed E-state index contributed by atoms with van der Waals surface area (Å²) in [7, 11) is 0. The van der Waals surface area contributed by atoms with Gasteiger partial charge in [0.2, 0.25) is 12.1 Å². The number of hydrogen-bond donors (Lipinski definition) is 3. The molecule has 3 aliphatic rings. The maximum atomic E-state index is 12.1. The lowest BCUT2D eigenvalue weighted by atomic mass is 10.1. The Hall–Kier alpha value is -3.47. The molecule has 0 saturated heterocycles. The number of rotatable bonds is 6. The summed E-state index contributed by atoms with van der Waals surface area (Å²) in [5.74, 6) is 0.623. The fraction of sp³-hybridized carbons (Fsp3) is 0.381. The van der Waals surface area contributed by atoms with Crippen LogP contribution in [0.15, 0.2) is 46.6 Å². The quantitative estimate of drug-likeness (QED) is 0.646. The van der Waals surface area contributed by atoms with Crippen LogP contribution in [0.5, 0.6) is 0 Å². The molecule has 0 radical (unpaired) electrons. The first-order valence-corrected chi connectivity index (χ1v) is 9.86. The third-order valence-electron chi connectivity index (χ3n) is 5.04. The average Bonchev–Trinajstić information content (AvgIpc) is 3.38. The van der Waals surface area contributed by atoms with Gasteiger partial charge in [-0.15, -0.1) is 0 Å². The molecule has 150 valence electrons. The van der Waals surface area contributed by atoms with Crippen molar-refractivity contribution in [3.8, 4) is 6.19 Å². The highest BCUT2D eigenvalue weighted by Gasteiger charge is 2.33. The fourth-order valence-corrected chi connectivity index (χ4v) is 3.14. The zero-order valence-corrected chi connectivity index (χ0v) is 16.9. The Labute approximate surface area is 170 Å². The van der Waals surface area contributed by atoms with E-state index in [1.165, 1.54) is 5.01 Å². The summed E-state index contributed by atoms with van der Waals surface area (Å²) in [6.07, 6.45) is 8.02. The van der Waals surface area contributed by atoms with Crippen LogP contribution < -0.4 is 16.0 Å². The number of amides is 1. The number of fused-ring (bicyclic) bond motifs is 1. The molecular weight excluding hydrogens is 366 g/mol. The van der Waals surface area contributed by atoms with Crippen molar-refractivity contribution in [1.29, 1.82) is 5.26 Å². The van der Waals surface area contributed by atoms with E-state index in [1.807, 2.05) is 44.0 Å². The second-order valence-corrected chi connectivity index (χ2v) is 7.80. The second-order valence-electron chi connectivity index (χ2n) is 7.80. The van der Waals surface area contributed by atoms with Gasteiger partial charge in [-0.3, -0.25) is 4.79 Å². The predicted octanol–water partition coefficient (Wildman–Crippen LogP) is 2.86. The lowest BCUT2D eigenvalue weighted by Gasteiger charge is -2.33. The second kappa shape index (κ2) is 7.51. The number of carbonyl (C=O) groups excluding carboxylic acids is 1. The van der Waals surface area contributed by atoms with Gasteiger partial charge in [-0.2, -0.15) is 10.3 Å². The first kappa shape index (κ1) is 18.9. The largest absolute Gasteiger partial charge is 0.378 e. The zero-order chi connectivity index (χ0) is 20.5. The van der Waals surface area contributed by atoms with E-state index < -0.39 is 0 Å². The number of aryl methyl sites for hydroxylation is 1. The Morgan fingerprint density at radius 2 is 2.14 bits per heavy atom. The molecule has 2 aliphatic heterocycles. The Bertz CT molecular complexity index is 966. The summed E-state index contributed by atoms with van der Waals surface area (Å²) in [6, 6.07) is 6.27. The van der Waals surface area contributed by atoms with Crippen LogP contribution in [-0.2, 0) is 4.79 Å². The van der Waals surface area contributed by atoms with Gasteiger partial charge in [-0.05, 0) is 37.5 Å². The van der Waals surface area contributed by atoms with E-state index in [2.05, 4.69) is 27.1 Å². The van der Waals surface area contributed by atoms with Crippen LogP contribution in [0.1, 0.15) is 32.3 Å². The van der Waals surface area contributed by atoms with Gasteiger partial charge in [0.1, 0.15) is 5.70 Å². The molecule has 8 heteroatoms. The summed E-state index contributed by atoms with van der Waals surface area (Å²) in [4.78, 5) is 16.6. The standard InChI is InChI=1S/C21H25N7O/c1-13(2)21(29)26-17-10-16(5-4-14(17)3)24-18-11-27(12-22)28-9-8-23-20(28)19(18)25-15-6-7-15/h4-5,8,10-11,13,15,24-25H,6-7,9H2,1-3H3,(H,26,29). The lowest BCUT2D eigenvalue weighted by Crippen LogP contribution is -2.40.